The second kappa shape index (κ2) is 10.1. The Hall–Kier alpha value is -2.36. The lowest BCUT2D eigenvalue weighted by Gasteiger charge is -2.35. The molecule has 4 atom stereocenters. The van der Waals surface area contributed by atoms with Gasteiger partial charge in [0.1, 0.15) is 11.6 Å². The molecule has 0 saturated carbocycles. The second-order valence-corrected chi connectivity index (χ2v) is 11.5. The molecular weight excluding hydrogens is 464 g/mol. The predicted molar refractivity (Wildman–Crippen MR) is 123 cm³/mol. The summed E-state index contributed by atoms with van der Waals surface area (Å²) in [4.78, 5) is 12.3. The standard InChI is InChI=1S/C25H29F2NO5S/c1-15-23(34(30,31)24(12-28-15)17-6-4-3-5-7-17)10-18-9-22(27)19(11-21(18)26)20(25(29)32-2)8-16-13-33-14-16/h3-7,9,11,15-16,20,23-24,28H,8,10,12-14H2,1-2H3/t15-,20?,23?,24-/m0/s1. The maximum absolute atomic E-state index is 15.2. The summed E-state index contributed by atoms with van der Waals surface area (Å²) in [6.07, 6.45) is 0.112. The topological polar surface area (TPSA) is 81.7 Å². The van der Waals surface area contributed by atoms with Crippen molar-refractivity contribution < 1.29 is 31.5 Å². The van der Waals surface area contributed by atoms with Crippen molar-refractivity contribution in [2.45, 2.75) is 42.2 Å². The van der Waals surface area contributed by atoms with E-state index in [4.69, 9.17) is 9.47 Å². The molecule has 2 heterocycles. The fourth-order valence-electron chi connectivity index (χ4n) is 4.79. The molecule has 2 aliphatic heterocycles. The monoisotopic (exact) mass is 493 g/mol. The van der Waals surface area contributed by atoms with E-state index in [2.05, 4.69) is 5.32 Å². The number of halogens is 2. The number of methoxy groups -OCH3 is 1. The van der Waals surface area contributed by atoms with Crippen LogP contribution in [0.3, 0.4) is 0 Å². The summed E-state index contributed by atoms with van der Waals surface area (Å²) in [7, 11) is -2.48. The van der Waals surface area contributed by atoms with Crippen LogP contribution in [0.15, 0.2) is 42.5 Å². The number of ether oxygens (including phenoxy) is 2. The zero-order chi connectivity index (χ0) is 24.5. The van der Waals surface area contributed by atoms with Gasteiger partial charge in [0.2, 0.25) is 0 Å². The van der Waals surface area contributed by atoms with Gasteiger partial charge in [0.15, 0.2) is 9.84 Å². The Balaban J connectivity index is 1.62. The van der Waals surface area contributed by atoms with Gasteiger partial charge in [-0.1, -0.05) is 30.3 Å². The molecule has 34 heavy (non-hydrogen) atoms. The van der Waals surface area contributed by atoms with Gasteiger partial charge in [0, 0.05) is 24.1 Å². The van der Waals surface area contributed by atoms with Crippen molar-refractivity contribution in [3.05, 3.63) is 70.8 Å². The van der Waals surface area contributed by atoms with Crippen molar-refractivity contribution in [1.29, 1.82) is 0 Å². The molecule has 0 aliphatic carbocycles. The van der Waals surface area contributed by atoms with Crippen LogP contribution in [0.25, 0.3) is 0 Å². The predicted octanol–water partition coefficient (Wildman–Crippen LogP) is 3.32. The Morgan fingerprint density at radius 1 is 1.18 bits per heavy atom. The first-order chi connectivity index (χ1) is 16.2. The molecule has 9 heteroatoms. The summed E-state index contributed by atoms with van der Waals surface area (Å²) >= 11 is 0. The summed E-state index contributed by atoms with van der Waals surface area (Å²) in [6.45, 7) is 2.91. The molecule has 0 bridgehead atoms. The fraction of sp³-hybridized carbons (Fsp3) is 0.480. The number of rotatable bonds is 7. The van der Waals surface area contributed by atoms with E-state index in [1.165, 1.54) is 7.11 Å². The third kappa shape index (κ3) is 4.87. The summed E-state index contributed by atoms with van der Waals surface area (Å²) < 4.78 is 67.2. The number of carbonyl (C=O) groups excluding carboxylic acids is 1. The van der Waals surface area contributed by atoms with Gasteiger partial charge in [-0.15, -0.1) is 0 Å². The van der Waals surface area contributed by atoms with Crippen LogP contribution in [0, 0.1) is 17.6 Å². The van der Waals surface area contributed by atoms with Crippen molar-refractivity contribution in [1.82, 2.24) is 5.32 Å². The van der Waals surface area contributed by atoms with Crippen molar-refractivity contribution in [3.8, 4) is 0 Å². The van der Waals surface area contributed by atoms with Crippen LogP contribution in [0.1, 0.15) is 41.2 Å². The van der Waals surface area contributed by atoms with Crippen LogP contribution < -0.4 is 5.32 Å². The van der Waals surface area contributed by atoms with Crippen molar-refractivity contribution >= 4 is 15.8 Å². The number of hydrogen-bond acceptors (Lipinski definition) is 6. The van der Waals surface area contributed by atoms with Crippen molar-refractivity contribution in [2.24, 2.45) is 5.92 Å². The Bertz CT molecular complexity index is 1140. The van der Waals surface area contributed by atoms with Gasteiger partial charge in [0.25, 0.3) is 0 Å². The van der Waals surface area contributed by atoms with Gasteiger partial charge in [0.05, 0.1) is 36.7 Å². The maximum atomic E-state index is 15.2. The Morgan fingerprint density at radius 2 is 1.88 bits per heavy atom. The summed E-state index contributed by atoms with van der Waals surface area (Å²) in [5, 5.41) is 1.51. The molecule has 2 unspecified atom stereocenters. The lowest BCUT2D eigenvalue weighted by molar-refractivity contribution is -0.144. The summed E-state index contributed by atoms with van der Waals surface area (Å²) in [5.74, 6) is -3.01. The third-order valence-electron chi connectivity index (χ3n) is 6.90. The lowest BCUT2D eigenvalue weighted by atomic mass is 9.86. The van der Waals surface area contributed by atoms with Crippen LogP contribution in [-0.2, 0) is 30.5 Å². The molecule has 6 nitrogen and oxygen atoms in total. The molecule has 2 aromatic carbocycles. The number of esters is 1. The molecule has 2 aliphatic rings. The van der Waals surface area contributed by atoms with Crippen LogP contribution in [0.4, 0.5) is 8.78 Å². The normalized spacial score (nSPS) is 25.4. The Morgan fingerprint density at radius 3 is 2.50 bits per heavy atom. The minimum atomic E-state index is -3.69. The van der Waals surface area contributed by atoms with E-state index in [0.717, 1.165) is 12.1 Å². The zero-order valence-corrected chi connectivity index (χ0v) is 20.0. The number of carbonyl (C=O) groups is 1. The van der Waals surface area contributed by atoms with E-state index in [-0.39, 0.29) is 30.0 Å². The quantitative estimate of drug-likeness (QED) is 0.596. The highest BCUT2D eigenvalue weighted by Crippen LogP contribution is 2.35. The molecular formula is C25H29F2NO5S. The van der Waals surface area contributed by atoms with Crippen LogP contribution in [0.5, 0.6) is 0 Å². The number of nitrogens with one attached hydrogen (secondary N) is 1. The Kier molecular flexibility index (Phi) is 7.35. The molecule has 2 saturated heterocycles. The molecule has 0 aromatic heterocycles. The average Bonchev–Trinajstić information content (AvgIpc) is 2.78. The zero-order valence-electron chi connectivity index (χ0n) is 19.2. The van der Waals surface area contributed by atoms with Gasteiger partial charge in [-0.3, -0.25) is 4.79 Å². The van der Waals surface area contributed by atoms with E-state index < -0.39 is 49.9 Å². The smallest absolute Gasteiger partial charge is 0.313 e. The van der Waals surface area contributed by atoms with E-state index >= 15 is 8.78 Å². The molecule has 184 valence electrons. The van der Waals surface area contributed by atoms with Crippen LogP contribution in [-0.4, -0.2) is 52.5 Å². The van der Waals surface area contributed by atoms with E-state index in [1.807, 2.05) is 6.07 Å². The number of hydrogen-bond donors (Lipinski definition) is 1. The van der Waals surface area contributed by atoms with Gasteiger partial charge >= 0.3 is 5.97 Å². The van der Waals surface area contributed by atoms with E-state index in [9.17, 15) is 13.2 Å². The average molecular weight is 494 g/mol. The lowest BCUT2D eigenvalue weighted by Crippen LogP contribution is -2.53. The van der Waals surface area contributed by atoms with Crippen LogP contribution in [0.2, 0.25) is 0 Å². The second-order valence-electron chi connectivity index (χ2n) is 9.11. The SMILES string of the molecule is COC(=O)C(CC1COC1)c1cc(F)c(CC2[C@H](C)NC[C@@H](c3ccccc3)S2(=O)=O)cc1F. The molecule has 0 radical (unpaired) electrons. The van der Waals surface area contributed by atoms with Gasteiger partial charge in [-0.25, -0.2) is 17.2 Å². The molecule has 2 aromatic rings. The van der Waals surface area contributed by atoms with Crippen molar-refractivity contribution in [2.75, 3.05) is 26.9 Å². The van der Waals surface area contributed by atoms with E-state index in [1.54, 1.807) is 31.2 Å². The van der Waals surface area contributed by atoms with Gasteiger partial charge < -0.3 is 14.8 Å². The first-order valence-corrected chi connectivity index (χ1v) is 13.0. The Labute approximate surface area is 198 Å². The van der Waals surface area contributed by atoms with E-state index in [0.29, 0.717) is 25.2 Å². The highest BCUT2D eigenvalue weighted by molar-refractivity contribution is 7.92. The minimum Gasteiger partial charge on any atom is -0.469 e. The molecule has 0 spiro atoms. The molecule has 4 rings (SSSR count). The minimum absolute atomic E-state index is 0.0345. The molecule has 0 amide bonds. The highest BCUT2D eigenvalue weighted by atomic mass is 32.2. The first kappa shape index (κ1) is 24.8. The van der Waals surface area contributed by atoms with Gasteiger partial charge in [-0.2, -0.15) is 0 Å². The number of sulfone groups is 1. The van der Waals surface area contributed by atoms with Crippen LogP contribution >= 0.6 is 0 Å². The highest BCUT2D eigenvalue weighted by Gasteiger charge is 2.43. The third-order valence-corrected chi connectivity index (χ3v) is 9.55. The molecule has 2 fully saturated rings. The first-order valence-electron chi connectivity index (χ1n) is 11.4. The molecule has 1 N–H and O–H groups in total. The fourth-order valence-corrected chi connectivity index (χ4v) is 7.16. The maximum Gasteiger partial charge on any atom is 0.313 e. The largest absolute Gasteiger partial charge is 0.469 e. The number of benzene rings is 2. The summed E-state index contributed by atoms with van der Waals surface area (Å²) in [5.41, 5.74) is 0.544. The van der Waals surface area contributed by atoms with Gasteiger partial charge in [-0.05, 0) is 43.0 Å². The van der Waals surface area contributed by atoms with Crippen molar-refractivity contribution in [3.63, 3.8) is 0 Å². The summed E-state index contributed by atoms with van der Waals surface area (Å²) in [6, 6.07) is 10.5.